The minimum atomic E-state index is -5.42. The van der Waals surface area contributed by atoms with Crippen LogP contribution in [0.1, 0.15) is 6.42 Å². The molecule has 0 unspecified atom stereocenters. The van der Waals surface area contributed by atoms with Crippen LogP contribution >= 0.6 is 11.6 Å². The quantitative estimate of drug-likeness (QED) is 0.649. The molecule has 0 saturated carbocycles. The normalized spacial score (nSPS) is 14.1. The van der Waals surface area contributed by atoms with Gasteiger partial charge < -0.3 is 15.2 Å². The summed E-state index contributed by atoms with van der Waals surface area (Å²) >= 11 is 5.45. The van der Waals surface area contributed by atoms with Gasteiger partial charge in [0.15, 0.2) is 0 Å². The van der Waals surface area contributed by atoms with Crippen LogP contribution in [0.3, 0.4) is 0 Å². The Bertz CT molecular complexity index is 593. The molecule has 1 aromatic carbocycles. The van der Waals surface area contributed by atoms with E-state index in [9.17, 15) is 32.3 Å². The topological polar surface area (TPSA) is 75.6 Å². The molecule has 1 amide bonds. The van der Waals surface area contributed by atoms with Crippen LogP contribution in [-0.4, -0.2) is 35.9 Å². The van der Waals surface area contributed by atoms with Crippen molar-refractivity contribution in [3.63, 3.8) is 0 Å². The van der Waals surface area contributed by atoms with Crippen molar-refractivity contribution in [1.82, 2.24) is 0 Å². The highest BCUT2D eigenvalue weighted by Crippen LogP contribution is 2.34. The molecule has 122 valence electrons. The molecular weight excluding hydrogens is 334 g/mol. The van der Waals surface area contributed by atoms with E-state index in [1.54, 1.807) is 0 Å². The minimum absolute atomic E-state index is 0.106. The molecule has 2 N–H and O–H groups in total. The first-order valence-corrected chi connectivity index (χ1v) is 6.01. The van der Waals surface area contributed by atoms with Crippen LogP contribution in [0, 0.1) is 5.82 Å². The zero-order chi connectivity index (χ0) is 17.1. The van der Waals surface area contributed by atoms with Crippen molar-refractivity contribution in [2.45, 2.75) is 18.2 Å². The van der Waals surface area contributed by atoms with Gasteiger partial charge in [0.2, 0.25) is 5.91 Å². The van der Waals surface area contributed by atoms with E-state index in [0.717, 1.165) is 18.2 Å². The first kappa shape index (κ1) is 18.2. The van der Waals surface area contributed by atoms with Crippen LogP contribution in [0.2, 0.25) is 5.02 Å². The number of esters is 1. The molecule has 0 aliphatic carbocycles. The Labute approximate surface area is 126 Å². The van der Waals surface area contributed by atoms with Gasteiger partial charge in [0.25, 0.3) is 5.60 Å². The number of aliphatic hydroxyl groups is 1. The van der Waals surface area contributed by atoms with E-state index in [0.29, 0.717) is 7.11 Å². The molecule has 10 heteroatoms. The van der Waals surface area contributed by atoms with Gasteiger partial charge >= 0.3 is 12.1 Å². The lowest BCUT2D eigenvalue weighted by Gasteiger charge is -2.26. The number of anilines is 1. The highest BCUT2D eigenvalue weighted by molar-refractivity contribution is 6.31. The summed E-state index contributed by atoms with van der Waals surface area (Å²) in [4.78, 5) is 22.7. The molecule has 0 fully saturated rings. The summed E-state index contributed by atoms with van der Waals surface area (Å²) in [6.45, 7) is 0. The first-order valence-electron chi connectivity index (χ1n) is 5.63. The predicted octanol–water partition coefficient (Wildman–Crippen LogP) is 2.27. The van der Waals surface area contributed by atoms with Crippen LogP contribution in [0.4, 0.5) is 23.2 Å². The molecule has 0 saturated heterocycles. The third-order valence-corrected chi connectivity index (χ3v) is 2.90. The zero-order valence-electron chi connectivity index (χ0n) is 11.0. The van der Waals surface area contributed by atoms with Crippen LogP contribution in [0.25, 0.3) is 0 Å². The van der Waals surface area contributed by atoms with E-state index in [4.69, 9.17) is 11.6 Å². The number of alkyl halides is 3. The zero-order valence-corrected chi connectivity index (χ0v) is 11.8. The number of hydrogen-bond donors (Lipinski definition) is 2. The summed E-state index contributed by atoms with van der Waals surface area (Å²) in [5.41, 5.74) is -4.10. The number of amides is 1. The number of ether oxygens (including phenoxy) is 1. The fourth-order valence-corrected chi connectivity index (χ4v) is 1.65. The summed E-state index contributed by atoms with van der Waals surface area (Å²) in [6.07, 6.45) is -7.05. The van der Waals surface area contributed by atoms with Gasteiger partial charge in [0, 0.05) is 5.69 Å². The third-order valence-electron chi connectivity index (χ3n) is 2.61. The summed E-state index contributed by atoms with van der Waals surface area (Å²) in [6, 6.07) is 2.89. The van der Waals surface area contributed by atoms with Crippen molar-refractivity contribution in [2.24, 2.45) is 0 Å². The standard InChI is InChI=1S/C12H10ClF4NO4/c1-22-10(20)11(21,12(15,16)17)5-9(19)18-6-2-3-8(14)7(13)4-6/h2-4,21H,5H2,1H3,(H,18,19)/t11-/m0/s1. The number of methoxy groups -OCH3 is 1. The summed E-state index contributed by atoms with van der Waals surface area (Å²) in [5.74, 6) is -4.15. The average Bonchev–Trinajstić information content (AvgIpc) is 2.40. The van der Waals surface area contributed by atoms with Crippen molar-refractivity contribution in [1.29, 1.82) is 0 Å². The highest BCUT2D eigenvalue weighted by Gasteiger charge is 2.61. The molecule has 0 aliphatic rings. The highest BCUT2D eigenvalue weighted by atomic mass is 35.5. The summed E-state index contributed by atoms with van der Waals surface area (Å²) < 4.78 is 55.1. The third kappa shape index (κ3) is 3.86. The molecule has 1 atom stereocenters. The van der Waals surface area contributed by atoms with Gasteiger partial charge in [-0.25, -0.2) is 9.18 Å². The number of carbonyl (C=O) groups is 2. The Kier molecular flexibility index (Phi) is 5.36. The lowest BCUT2D eigenvalue weighted by Crippen LogP contribution is -2.54. The second kappa shape index (κ2) is 6.49. The van der Waals surface area contributed by atoms with E-state index in [-0.39, 0.29) is 10.7 Å². The number of carbonyl (C=O) groups excluding carboxylic acids is 2. The fourth-order valence-electron chi connectivity index (χ4n) is 1.47. The minimum Gasteiger partial charge on any atom is -0.467 e. The van der Waals surface area contributed by atoms with E-state index in [1.807, 2.05) is 5.32 Å². The van der Waals surface area contributed by atoms with Crippen molar-refractivity contribution in [3.05, 3.63) is 29.0 Å². The molecule has 5 nitrogen and oxygen atoms in total. The maximum absolute atomic E-state index is 12.9. The molecule has 0 aliphatic heterocycles. The lowest BCUT2D eigenvalue weighted by molar-refractivity contribution is -0.261. The van der Waals surface area contributed by atoms with Crippen LogP contribution in [0.5, 0.6) is 0 Å². The smallest absolute Gasteiger partial charge is 0.428 e. The predicted molar refractivity (Wildman–Crippen MR) is 67.7 cm³/mol. The Balaban J connectivity index is 2.93. The number of nitrogens with one attached hydrogen (secondary N) is 1. The number of rotatable bonds is 4. The van der Waals surface area contributed by atoms with Gasteiger partial charge in [-0.1, -0.05) is 11.6 Å². The Morgan fingerprint density at radius 2 is 1.95 bits per heavy atom. The van der Waals surface area contributed by atoms with Crippen LogP contribution < -0.4 is 5.32 Å². The average molecular weight is 344 g/mol. The van der Waals surface area contributed by atoms with Crippen LogP contribution in [0.15, 0.2) is 18.2 Å². The number of hydrogen-bond acceptors (Lipinski definition) is 4. The molecule has 0 radical (unpaired) electrons. The van der Waals surface area contributed by atoms with Crippen molar-refractivity contribution in [3.8, 4) is 0 Å². The monoisotopic (exact) mass is 343 g/mol. The van der Waals surface area contributed by atoms with E-state index < -0.39 is 35.9 Å². The van der Waals surface area contributed by atoms with Crippen molar-refractivity contribution in [2.75, 3.05) is 12.4 Å². The van der Waals surface area contributed by atoms with Gasteiger partial charge in [-0.2, -0.15) is 13.2 Å². The molecule has 1 rings (SSSR count). The molecule has 0 spiro atoms. The van der Waals surface area contributed by atoms with Crippen molar-refractivity contribution < 1.29 is 37.0 Å². The Hall–Kier alpha value is -1.87. The van der Waals surface area contributed by atoms with Crippen LogP contribution in [-0.2, 0) is 14.3 Å². The van der Waals surface area contributed by atoms with Gasteiger partial charge in [-0.05, 0) is 18.2 Å². The maximum atomic E-state index is 12.9. The number of benzene rings is 1. The molecular formula is C12H10ClF4NO4. The molecule has 0 heterocycles. The van der Waals surface area contributed by atoms with E-state index in [1.165, 1.54) is 0 Å². The van der Waals surface area contributed by atoms with Gasteiger partial charge in [-0.3, -0.25) is 4.79 Å². The SMILES string of the molecule is COC(=O)[C@@](O)(CC(=O)Nc1ccc(F)c(Cl)c1)C(F)(F)F. The molecule has 1 aromatic rings. The summed E-state index contributed by atoms with van der Waals surface area (Å²) in [5, 5.41) is 11.0. The second-order valence-electron chi connectivity index (χ2n) is 4.20. The molecule has 0 aromatic heterocycles. The Morgan fingerprint density at radius 1 is 1.36 bits per heavy atom. The van der Waals surface area contributed by atoms with E-state index in [2.05, 4.69) is 4.74 Å². The maximum Gasteiger partial charge on any atom is 0.428 e. The summed E-state index contributed by atoms with van der Waals surface area (Å²) in [7, 11) is 0.636. The number of halogens is 5. The van der Waals surface area contributed by atoms with Gasteiger partial charge in [0.1, 0.15) is 5.82 Å². The van der Waals surface area contributed by atoms with Gasteiger partial charge in [-0.15, -0.1) is 0 Å². The van der Waals surface area contributed by atoms with Crippen molar-refractivity contribution >= 4 is 29.2 Å². The molecule has 0 bridgehead atoms. The fraction of sp³-hybridized carbons (Fsp3) is 0.333. The lowest BCUT2D eigenvalue weighted by atomic mass is 9.98. The Morgan fingerprint density at radius 3 is 2.41 bits per heavy atom. The first-order chi connectivity index (χ1) is 10.0. The largest absolute Gasteiger partial charge is 0.467 e. The second-order valence-corrected chi connectivity index (χ2v) is 4.61. The van der Waals surface area contributed by atoms with E-state index >= 15 is 0 Å². The van der Waals surface area contributed by atoms with Gasteiger partial charge in [0.05, 0.1) is 18.6 Å². The molecule has 22 heavy (non-hydrogen) atoms.